The topological polar surface area (TPSA) is 78.5 Å². The lowest BCUT2D eigenvalue weighted by molar-refractivity contribution is -0.123. The Labute approximate surface area is 202 Å². The van der Waals surface area contributed by atoms with Gasteiger partial charge in [-0.05, 0) is 54.6 Å². The molecular weight excluding hydrogens is 518 g/mol. The summed E-state index contributed by atoms with van der Waals surface area (Å²) in [4.78, 5) is 39.7. The smallest absolute Gasteiger partial charge is 0.269 e. The number of carbonyl (C=O) groups is 3. The largest absolute Gasteiger partial charge is 0.293 e. The van der Waals surface area contributed by atoms with E-state index in [-0.39, 0.29) is 24.1 Å². The zero-order chi connectivity index (χ0) is 22.2. The molecule has 1 aliphatic heterocycles. The molecule has 1 saturated heterocycles. The standard InChI is InChI=1S/C21H20BrN3O3S3/c22-15-9-7-14(8-10-15)19(27)24-23-18(26)6-2-1-3-11-25-20(28)17(31-21(25)29)13-16-5-4-12-30-16/h4-5,7-10,12-13H,1-3,6,11H2,(H,23,26)(H,24,27). The van der Waals surface area contributed by atoms with Crippen LogP contribution in [0.25, 0.3) is 6.08 Å². The van der Waals surface area contributed by atoms with Crippen LogP contribution in [0.2, 0.25) is 0 Å². The molecule has 3 rings (SSSR count). The number of halogens is 1. The third-order valence-corrected chi connectivity index (χ3v) is 7.12. The van der Waals surface area contributed by atoms with Gasteiger partial charge in [-0.1, -0.05) is 52.4 Å². The maximum Gasteiger partial charge on any atom is 0.269 e. The second-order valence-corrected chi connectivity index (χ2v) is 10.2. The first kappa shape index (κ1) is 23.6. The number of nitrogens with zero attached hydrogens (tertiary/aromatic N) is 1. The summed E-state index contributed by atoms with van der Waals surface area (Å²) in [6.07, 6.45) is 4.33. The van der Waals surface area contributed by atoms with Crippen LogP contribution < -0.4 is 10.9 Å². The highest BCUT2D eigenvalue weighted by molar-refractivity contribution is 9.10. The Bertz CT molecular complexity index is 991. The lowest BCUT2D eigenvalue weighted by Crippen LogP contribution is -2.41. The predicted octanol–water partition coefficient (Wildman–Crippen LogP) is 4.73. The molecule has 3 amide bonds. The van der Waals surface area contributed by atoms with E-state index >= 15 is 0 Å². The molecule has 0 atom stereocenters. The number of carbonyl (C=O) groups excluding carboxylic acids is 3. The van der Waals surface area contributed by atoms with Gasteiger partial charge in [-0.3, -0.25) is 30.1 Å². The molecule has 1 aromatic heterocycles. The first-order chi connectivity index (χ1) is 14.9. The molecule has 0 saturated carbocycles. The molecule has 2 heterocycles. The van der Waals surface area contributed by atoms with E-state index < -0.39 is 0 Å². The highest BCUT2D eigenvalue weighted by atomic mass is 79.9. The van der Waals surface area contributed by atoms with E-state index in [1.807, 2.05) is 23.6 Å². The Morgan fingerprint density at radius 1 is 1.10 bits per heavy atom. The van der Waals surface area contributed by atoms with Gasteiger partial charge < -0.3 is 0 Å². The zero-order valence-corrected chi connectivity index (χ0v) is 20.5. The first-order valence-corrected chi connectivity index (χ1v) is 12.5. The molecule has 31 heavy (non-hydrogen) atoms. The molecule has 0 radical (unpaired) electrons. The molecule has 1 aliphatic rings. The molecule has 1 fully saturated rings. The summed E-state index contributed by atoms with van der Waals surface area (Å²) in [5, 5.41) is 1.97. The van der Waals surface area contributed by atoms with Crippen LogP contribution in [0.5, 0.6) is 0 Å². The quantitative estimate of drug-likeness (QED) is 0.220. The van der Waals surface area contributed by atoms with E-state index in [0.717, 1.165) is 22.2 Å². The maximum absolute atomic E-state index is 12.5. The van der Waals surface area contributed by atoms with Crippen molar-refractivity contribution in [2.45, 2.75) is 25.7 Å². The fourth-order valence-electron chi connectivity index (χ4n) is 2.79. The van der Waals surface area contributed by atoms with Crippen molar-refractivity contribution < 1.29 is 14.4 Å². The van der Waals surface area contributed by atoms with Crippen LogP contribution in [0.4, 0.5) is 0 Å². The highest BCUT2D eigenvalue weighted by Gasteiger charge is 2.31. The summed E-state index contributed by atoms with van der Waals surface area (Å²) in [6.45, 7) is 0.536. The van der Waals surface area contributed by atoms with Crippen molar-refractivity contribution in [3.05, 3.63) is 61.6 Å². The molecule has 1 aromatic carbocycles. The van der Waals surface area contributed by atoms with E-state index in [9.17, 15) is 14.4 Å². The third kappa shape index (κ3) is 6.99. The minimum Gasteiger partial charge on any atom is -0.293 e. The van der Waals surface area contributed by atoms with Crippen molar-refractivity contribution in [2.24, 2.45) is 0 Å². The molecule has 2 N–H and O–H groups in total. The van der Waals surface area contributed by atoms with Crippen LogP contribution in [0, 0.1) is 0 Å². The van der Waals surface area contributed by atoms with E-state index in [0.29, 0.717) is 27.8 Å². The fraction of sp³-hybridized carbons (Fsp3) is 0.238. The predicted molar refractivity (Wildman–Crippen MR) is 132 cm³/mol. The average molecular weight is 539 g/mol. The van der Waals surface area contributed by atoms with Crippen molar-refractivity contribution in [1.29, 1.82) is 0 Å². The molecule has 10 heteroatoms. The SMILES string of the molecule is O=C(CCCCCN1C(=O)C(=Cc2cccs2)SC1=S)NNC(=O)c1ccc(Br)cc1. The van der Waals surface area contributed by atoms with Crippen LogP contribution in [0.3, 0.4) is 0 Å². The molecule has 0 aliphatic carbocycles. The summed E-state index contributed by atoms with van der Waals surface area (Å²) in [5.74, 6) is -0.683. The number of thiocarbonyl (C=S) groups is 1. The van der Waals surface area contributed by atoms with Gasteiger partial charge in [-0.15, -0.1) is 11.3 Å². The lowest BCUT2D eigenvalue weighted by atomic mass is 10.2. The minimum absolute atomic E-state index is 0.0585. The van der Waals surface area contributed by atoms with Gasteiger partial charge in [0.1, 0.15) is 4.32 Å². The molecule has 2 aromatic rings. The van der Waals surface area contributed by atoms with Crippen molar-refractivity contribution in [3.63, 3.8) is 0 Å². The van der Waals surface area contributed by atoms with Gasteiger partial charge in [0.25, 0.3) is 11.8 Å². The Morgan fingerprint density at radius 3 is 2.58 bits per heavy atom. The first-order valence-electron chi connectivity index (χ1n) is 9.57. The fourth-order valence-corrected chi connectivity index (χ4v) is 5.09. The van der Waals surface area contributed by atoms with Crippen molar-refractivity contribution in [2.75, 3.05) is 6.54 Å². The normalized spacial score (nSPS) is 14.9. The number of hydrazine groups is 1. The lowest BCUT2D eigenvalue weighted by Gasteiger charge is -2.14. The number of thiophene rings is 1. The van der Waals surface area contributed by atoms with Gasteiger partial charge in [-0.25, -0.2) is 0 Å². The van der Waals surface area contributed by atoms with Gasteiger partial charge in [0.05, 0.1) is 4.91 Å². The van der Waals surface area contributed by atoms with Gasteiger partial charge >= 0.3 is 0 Å². The number of nitrogens with one attached hydrogen (secondary N) is 2. The van der Waals surface area contributed by atoms with E-state index in [4.69, 9.17) is 12.2 Å². The Morgan fingerprint density at radius 2 is 1.87 bits per heavy atom. The van der Waals surface area contributed by atoms with Crippen LogP contribution in [-0.4, -0.2) is 33.5 Å². The Hall–Kier alpha value is -2.01. The average Bonchev–Trinajstić information content (AvgIpc) is 3.35. The molecule has 162 valence electrons. The number of rotatable bonds is 8. The third-order valence-electron chi connectivity index (χ3n) is 4.40. The minimum atomic E-state index is -0.370. The maximum atomic E-state index is 12.5. The van der Waals surface area contributed by atoms with Crippen LogP contribution in [0.15, 0.2) is 51.2 Å². The number of thioether (sulfide) groups is 1. The van der Waals surface area contributed by atoms with Crippen molar-refractivity contribution >= 4 is 79.4 Å². The monoisotopic (exact) mass is 537 g/mol. The van der Waals surface area contributed by atoms with Crippen LogP contribution in [0.1, 0.15) is 40.9 Å². The Balaban J connectivity index is 1.33. The summed E-state index contributed by atoms with van der Waals surface area (Å²) < 4.78 is 1.44. The van der Waals surface area contributed by atoms with Crippen LogP contribution >= 0.6 is 51.2 Å². The van der Waals surface area contributed by atoms with Gasteiger partial charge in [0.2, 0.25) is 5.91 Å². The van der Waals surface area contributed by atoms with E-state index in [1.165, 1.54) is 11.8 Å². The van der Waals surface area contributed by atoms with Crippen molar-refractivity contribution in [3.8, 4) is 0 Å². The van der Waals surface area contributed by atoms with Gasteiger partial charge in [0, 0.05) is 27.9 Å². The van der Waals surface area contributed by atoms with Gasteiger partial charge in [0.15, 0.2) is 0 Å². The number of unbranched alkanes of at least 4 members (excludes halogenated alkanes) is 2. The van der Waals surface area contributed by atoms with E-state index in [2.05, 4.69) is 26.8 Å². The Kier molecular flexibility index (Phi) is 8.82. The summed E-state index contributed by atoms with van der Waals surface area (Å²) >= 11 is 11.5. The second-order valence-electron chi connectivity index (χ2n) is 6.67. The molecule has 0 spiro atoms. The number of benzene rings is 1. The van der Waals surface area contributed by atoms with Crippen molar-refractivity contribution in [1.82, 2.24) is 15.8 Å². The number of hydrogen-bond acceptors (Lipinski definition) is 6. The summed E-state index contributed by atoms with van der Waals surface area (Å²) in [6, 6.07) is 10.7. The zero-order valence-electron chi connectivity index (χ0n) is 16.4. The van der Waals surface area contributed by atoms with Crippen LogP contribution in [-0.2, 0) is 9.59 Å². The molecule has 0 bridgehead atoms. The molecular formula is C21H20BrN3O3S3. The van der Waals surface area contributed by atoms with Gasteiger partial charge in [-0.2, -0.15) is 0 Å². The summed E-state index contributed by atoms with van der Waals surface area (Å²) in [7, 11) is 0. The number of amides is 3. The highest BCUT2D eigenvalue weighted by Crippen LogP contribution is 2.33. The summed E-state index contributed by atoms with van der Waals surface area (Å²) in [5.41, 5.74) is 5.29. The molecule has 0 unspecified atom stereocenters. The van der Waals surface area contributed by atoms with E-state index in [1.54, 1.807) is 40.5 Å². The number of hydrogen-bond donors (Lipinski definition) is 2. The molecule has 6 nitrogen and oxygen atoms in total. The second kappa shape index (κ2) is 11.6.